The third-order valence-corrected chi connectivity index (χ3v) is 3.03. The smallest absolute Gasteiger partial charge is 0.0592 e. The van der Waals surface area contributed by atoms with Crippen molar-refractivity contribution >= 4 is 0 Å². The Bertz CT molecular complexity index is 125. The zero-order chi connectivity index (χ0) is 11.0. The second-order valence-electron chi connectivity index (χ2n) is 4.32. The lowest BCUT2D eigenvalue weighted by atomic mass is 9.84. The zero-order valence-electron chi connectivity index (χ0n) is 9.87. The van der Waals surface area contributed by atoms with Gasteiger partial charge in [0.1, 0.15) is 0 Å². The van der Waals surface area contributed by atoms with E-state index in [0.717, 1.165) is 32.1 Å². The minimum atomic E-state index is -0.318. The molecule has 0 bridgehead atoms. The van der Waals surface area contributed by atoms with Gasteiger partial charge in [-0.3, -0.25) is 0 Å². The average molecular weight is 202 g/mol. The van der Waals surface area contributed by atoms with Gasteiger partial charge in [-0.1, -0.05) is 46.5 Å². The highest BCUT2D eigenvalue weighted by Crippen LogP contribution is 2.23. The van der Waals surface area contributed by atoms with Crippen LogP contribution in [0.5, 0.6) is 0 Å². The molecular formula is C12H26O2. The van der Waals surface area contributed by atoms with E-state index in [4.69, 9.17) is 0 Å². The molecular weight excluding hydrogens is 176 g/mol. The van der Waals surface area contributed by atoms with Gasteiger partial charge >= 0.3 is 0 Å². The van der Waals surface area contributed by atoms with Crippen molar-refractivity contribution in [1.82, 2.24) is 0 Å². The Kier molecular flexibility index (Phi) is 8.20. The maximum atomic E-state index is 9.88. The molecule has 0 fully saturated rings. The molecule has 0 saturated carbocycles. The molecule has 0 aromatic carbocycles. The molecule has 0 heterocycles. The number of rotatable bonds is 8. The Morgan fingerprint density at radius 2 is 1.71 bits per heavy atom. The van der Waals surface area contributed by atoms with Crippen LogP contribution in [0.1, 0.15) is 52.9 Å². The van der Waals surface area contributed by atoms with Gasteiger partial charge in [-0.25, -0.2) is 0 Å². The molecule has 0 amide bonds. The molecule has 2 nitrogen and oxygen atoms in total. The van der Waals surface area contributed by atoms with Crippen LogP contribution in [0.2, 0.25) is 0 Å². The van der Waals surface area contributed by atoms with Crippen LogP contribution in [0.15, 0.2) is 0 Å². The van der Waals surface area contributed by atoms with E-state index in [1.54, 1.807) is 0 Å². The minimum absolute atomic E-state index is 0.0708. The summed E-state index contributed by atoms with van der Waals surface area (Å²) in [4.78, 5) is 0. The third kappa shape index (κ3) is 4.97. The van der Waals surface area contributed by atoms with Crippen molar-refractivity contribution < 1.29 is 10.2 Å². The molecule has 0 aliphatic rings. The highest BCUT2D eigenvalue weighted by Gasteiger charge is 2.23. The summed E-state index contributed by atoms with van der Waals surface area (Å²) in [5.74, 6) is 0.498. The van der Waals surface area contributed by atoms with Crippen LogP contribution in [0.4, 0.5) is 0 Å². The average Bonchev–Trinajstić information content (AvgIpc) is 2.16. The zero-order valence-corrected chi connectivity index (χ0v) is 9.87. The topological polar surface area (TPSA) is 40.5 Å². The van der Waals surface area contributed by atoms with Crippen molar-refractivity contribution in [1.29, 1.82) is 0 Å². The van der Waals surface area contributed by atoms with Gasteiger partial charge in [0, 0.05) is 12.5 Å². The first-order valence-electron chi connectivity index (χ1n) is 5.96. The van der Waals surface area contributed by atoms with Crippen molar-refractivity contribution in [3.8, 4) is 0 Å². The summed E-state index contributed by atoms with van der Waals surface area (Å²) in [5, 5.41) is 19.1. The van der Waals surface area contributed by atoms with E-state index in [1.807, 2.05) is 0 Å². The molecule has 0 aromatic rings. The van der Waals surface area contributed by atoms with Crippen LogP contribution in [-0.4, -0.2) is 22.9 Å². The van der Waals surface area contributed by atoms with Gasteiger partial charge in [-0.05, 0) is 12.3 Å². The summed E-state index contributed by atoms with van der Waals surface area (Å²) in [7, 11) is 0. The largest absolute Gasteiger partial charge is 0.396 e. The Hall–Kier alpha value is -0.0800. The molecule has 0 spiro atoms. The number of aliphatic hydroxyl groups excluding tert-OH is 2. The predicted molar refractivity (Wildman–Crippen MR) is 60.2 cm³/mol. The van der Waals surface area contributed by atoms with Gasteiger partial charge in [0.15, 0.2) is 0 Å². The van der Waals surface area contributed by atoms with E-state index in [1.165, 1.54) is 0 Å². The lowest BCUT2D eigenvalue weighted by Gasteiger charge is -2.26. The predicted octanol–water partition coefficient (Wildman–Crippen LogP) is 2.58. The highest BCUT2D eigenvalue weighted by molar-refractivity contribution is 4.73. The summed E-state index contributed by atoms with van der Waals surface area (Å²) in [6, 6.07) is 0. The first-order valence-corrected chi connectivity index (χ1v) is 5.96. The van der Waals surface area contributed by atoms with Crippen LogP contribution in [-0.2, 0) is 0 Å². The summed E-state index contributed by atoms with van der Waals surface area (Å²) in [6.45, 7) is 6.51. The second-order valence-corrected chi connectivity index (χ2v) is 4.32. The Morgan fingerprint density at radius 1 is 1.07 bits per heavy atom. The standard InChI is InChI=1S/C12H26O2/c1-4-6-8-12(14)11(9-13)10(3)7-5-2/h10-14H,4-9H2,1-3H3. The first kappa shape index (κ1) is 13.9. The van der Waals surface area contributed by atoms with E-state index in [2.05, 4.69) is 20.8 Å². The van der Waals surface area contributed by atoms with Crippen molar-refractivity contribution in [3.63, 3.8) is 0 Å². The Labute approximate surface area is 88.3 Å². The quantitative estimate of drug-likeness (QED) is 0.635. The van der Waals surface area contributed by atoms with E-state index in [0.29, 0.717) is 5.92 Å². The fourth-order valence-electron chi connectivity index (χ4n) is 1.98. The molecule has 0 rings (SSSR count). The van der Waals surface area contributed by atoms with Gasteiger partial charge in [0.05, 0.1) is 6.10 Å². The molecule has 0 aliphatic heterocycles. The van der Waals surface area contributed by atoms with E-state index in [-0.39, 0.29) is 18.6 Å². The molecule has 3 atom stereocenters. The van der Waals surface area contributed by atoms with Crippen LogP contribution < -0.4 is 0 Å². The first-order chi connectivity index (χ1) is 6.67. The molecule has 3 unspecified atom stereocenters. The SMILES string of the molecule is CCCCC(O)C(CO)C(C)CCC. The fraction of sp³-hybridized carbons (Fsp3) is 1.00. The van der Waals surface area contributed by atoms with Crippen molar-refractivity contribution in [2.45, 2.75) is 59.0 Å². The maximum Gasteiger partial charge on any atom is 0.0592 e. The second kappa shape index (κ2) is 8.25. The summed E-state index contributed by atoms with van der Waals surface area (Å²) in [5.41, 5.74) is 0. The van der Waals surface area contributed by atoms with Crippen LogP contribution >= 0.6 is 0 Å². The van der Waals surface area contributed by atoms with Crippen molar-refractivity contribution in [2.24, 2.45) is 11.8 Å². The monoisotopic (exact) mass is 202 g/mol. The normalized spacial score (nSPS) is 17.8. The molecule has 2 heteroatoms. The molecule has 86 valence electrons. The van der Waals surface area contributed by atoms with Gasteiger partial charge in [-0.15, -0.1) is 0 Å². The van der Waals surface area contributed by atoms with Crippen LogP contribution in [0.25, 0.3) is 0 Å². The van der Waals surface area contributed by atoms with E-state index >= 15 is 0 Å². The van der Waals surface area contributed by atoms with Crippen LogP contribution in [0, 0.1) is 11.8 Å². The molecule has 2 N–H and O–H groups in total. The summed E-state index contributed by atoms with van der Waals surface area (Å²) >= 11 is 0. The van der Waals surface area contributed by atoms with Crippen molar-refractivity contribution in [2.75, 3.05) is 6.61 Å². The third-order valence-electron chi connectivity index (χ3n) is 3.03. The Morgan fingerprint density at radius 3 is 2.14 bits per heavy atom. The maximum absolute atomic E-state index is 9.88. The van der Waals surface area contributed by atoms with Crippen LogP contribution in [0.3, 0.4) is 0 Å². The number of hydrogen-bond donors (Lipinski definition) is 2. The van der Waals surface area contributed by atoms with Gasteiger partial charge in [0.2, 0.25) is 0 Å². The number of hydrogen-bond acceptors (Lipinski definition) is 2. The molecule has 0 aromatic heterocycles. The minimum Gasteiger partial charge on any atom is -0.396 e. The number of aliphatic hydroxyl groups is 2. The number of unbranched alkanes of at least 4 members (excludes halogenated alkanes) is 1. The lowest BCUT2D eigenvalue weighted by molar-refractivity contribution is 0.0281. The molecule has 0 radical (unpaired) electrons. The highest BCUT2D eigenvalue weighted by atomic mass is 16.3. The summed E-state index contributed by atoms with van der Waals surface area (Å²) in [6.07, 6.45) is 4.89. The van der Waals surface area contributed by atoms with Crippen molar-refractivity contribution in [3.05, 3.63) is 0 Å². The molecule has 0 saturated heterocycles. The molecule has 0 aliphatic carbocycles. The van der Waals surface area contributed by atoms with E-state index in [9.17, 15) is 10.2 Å². The molecule has 14 heavy (non-hydrogen) atoms. The van der Waals surface area contributed by atoms with Gasteiger partial charge < -0.3 is 10.2 Å². The fourth-order valence-corrected chi connectivity index (χ4v) is 1.98. The summed E-state index contributed by atoms with van der Waals surface area (Å²) < 4.78 is 0. The van der Waals surface area contributed by atoms with Gasteiger partial charge in [-0.2, -0.15) is 0 Å². The lowest BCUT2D eigenvalue weighted by Crippen LogP contribution is -2.29. The van der Waals surface area contributed by atoms with E-state index < -0.39 is 0 Å². The Balaban J connectivity index is 3.96. The van der Waals surface area contributed by atoms with Gasteiger partial charge in [0.25, 0.3) is 0 Å².